The molecule has 0 spiro atoms. The summed E-state index contributed by atoms with van der Waals surface area (Å²) in [5.74, 6) is 0.702. The summed E-state index contributed by atoms with van der Waals surface area (Å²) in [5, 5.41) is 16.8. The minimum absolute atomic E-state index is 0.159. The van der Waals surface area contributed by atoms with E-state index in [0.717, 1.165) is 5.69 Å². The van der Waals surface area contributed by atoms with Gasteiger partial charge in [-0.3, -0.25) is 4.79 Å². The van der Waals surface area contributed by atoms with Crippen LogP contribution in [0.15, 0.2) is 42.7 Å². The van der Waals surface area contributed by atoms with Gasteiger partial charge in [-0.05, 0) is 12.1 Å². The number of aromatic nitrogens is 6. The third-order valence-corrected chi connectivity index (χ3v) is 3.93. The second kappa shape index (κ2) is 7.23. The van der Waals surface area contributed by atoms with Crippen LogP contribution in [-0.4, -0.2) is 61.1 Å². The van der Waals surface area contributed by atoms with Gasteiger partial charge in [-0.25, -0.2) is 9.97 Å². The van der Waals surface area contributed by atoms with Crippen LogP contribution in [0.4, 0.5) is 11.6 Å². The summed E-state index contributed by atoms with van der Waals surface area (Å²) >= 11 is 0. The molecule has 26 heavy (non-hydrogen) atoms. The van der Waals surface area contributed by atoms with Crippen LogP contribution in [0.1, 0.15) is 22.3 Å². The zero-order valence-corrected chi connectivity index (χ0v) is 13.7. The Morgan fingerprint density at radius 3 is 2.77 bits per heavy atom. The van der Waals surface area contributed by atoms with Crippen molar-refractivity contribution >= 4 is 17.5 Å². The molecule has 1 unspecified atom stereocenters. The largest absolute Gasteiger partial charge is 0.366 e. The molecule has 2 aromatic heterocycles. The van der Waals surface area contributed by atoms with E-state index in [-0.39, 0.29) is 5.91 Å². The monoisotopic (exact) mass is 352 g/mol. The van der Waals surface area contributed by atoms with Crippen molar-refractivity contribution in [2.24, 2.45) is 0 Å². The van der Waals surface area contributed by atoms with Gasteiger partial charge in [-0.2, -0.15) is 5.21 Å². The summed E-state index contributed by atoms with van der Waals surface area (Å²) in [6, 6.07) is 9.58. The summed E-state index contributed by atoms with van der Waals surface area (Å²) < 4.78 is 5.60. The summed E-state index contributed by atoms with van der Waals surface area (Å²) in [6.45, 7) is 1.24. The smallest absolute Gasteiger partial charge is 0.257 e. The fourth-order valence-electron chi connectivity index (χ4n) is 2.63. The lowest BCUT2D eigenvalue weighted by molar-refractivity contribution is -0.0268. The number of nitrogens with one attached hydrogen (secondary N) is 2. The zero-order chi connectivity index (χ0) is 17.8. The Morgan fingerprint density at radius 2 is 2.04 bits per heavy atom. The number of H-pyrrole nitrogens is 1. The number of ether oxygens (including phenoxy) is 1. The number of morpholine rings is 1. The van der Waals surface area contributed by atoms with Gasteiger partial charge in [-0.15, -0.1) is 10.2 Å². The van der Waals surface area contributed by atoms with Crippen LogP contribution in [0, 0.1) is 0 Å². The first-order valence-electron chi connectivity index (χ1n) is 8.08. The minimum atomic E-state index is -0.397. The first-order chi connectivity index (χ1) is 12.8. The van der Waals surface area contributed by atoms with Gasteiger partial charge < -0.3 is 15.0 Å². The number of tetrazole rings is 1. The molecule has 1 aliphatic rings. The van der Waals surface area contributed by atoms with Gasteiger partial charge >= 0.3 is 0 Å². The number of rotatable bonds is 4. The van der Waals surface area contributed by atoms with Crippen LogP contribution >= 0.6 is 0 Å². The molecule has 4 rings (SSSR count). The Balaban J connectivity index is 1.43. The lowest BCUT2D eigenvalue weighted by atomic mass is 10.2. The quantitative estimate of drug-likeness (QED) is 0.711. The molecule has 1 atom stereocenters. The Labute approximate surface area is 148 Å². The first kappa shape index (κ1) is 16.1. The lowest BCUT2D eigenvalue weighted by Crippen LogP contribution is -2.42. The number of aromatic amines is 1. The molecule has 10 heteroatoms. The number of amides is 1. The highest BCUT2D eigenvalue weighted by molar-refractivity contribution is 5.93. The van der Waals surface area contributed by atoms with Crippen molar-refractivity contribution < 1.29 is 9.53 Å². The van der Waals surface area contributed by atoms with E-state index in [1.807, 2.05) is 30.3 Å². The van der Waals surface area contributed by atoms with E-state index >= 15 is 0 Å². The second-order valence-corrected chi connectivity index (χ2v) is 5.67. The maximum atomic E-state index is 12.7. The SMILES string of the molecule is O=C(c1cnc(Nc2ccccc2)nc1)N1CCOC(c2nn[nH]n2)C1. The molecule has 1 aromatic carbocycles. The van der Waals surface area contributed by atoms with E-state index in [9.17, 15) is 4.79 Å². The van der Waals surface area contributed by atoms with E-state index in [2.05, 4.69) is 35.9 Å². The summed E-state index contributed by atoms with van der Waals surface area (Å²) in [7, 11) is 0. The third-order valence-electron chi connectivity index (χ3n) is 3.93. The van der Waals surface area contributed by atoms with Gasteiger partial charge in [0.05, 0.1) is 18.7 Å². The number of benzene rings is 1. The lowest BCUT2D eigenvalue weighted by Gasteiger charge is -2.31. The highest BCUT2D eigenvalue weighted by atomic mass is 16.5. The number of para-hydroxylation sites is 1. The zero-order valence-electron chi connectivity index (χ0n) is 13.7. The topological polar surface area (TPSA) is 122 Å². The number of carbonyl (C=O) groups is 1. The van der Waals surface area contributed by atoms with Gasteiger partial charge in [0.25, 0.3) is 5.91 Å². The summed E-state index contributed by atoms with van der Waals surface area (Å²) in [5.41, 5.74) is 1.29. The fourth-order valence-corrected chi connectivity index (χ4v) is 2.63. The van der Waals surface area contributed by atoms with Crippen molar-refractivity contribution in [2.75, 3.05) is 25.0 Å². The molecule has 132 valence electrons. The van der Waals surface area contributed by atoms with Crippen LogP contribution < -0.4 is 5.32 Å². The number of carbonyl (C=O) groups excluding carboxylic acids is 1. The number of anilines is 2. The Kier molecular flexibility index (Phi) is 4.48. The average Bonchev–Trinajstić information content (AvgIpc) is 3.24. The van der Waals surface area contributed by atoms with Crippen molar-refractivity contribution in [3.8, 4) is 0 Å². The van der Waals surface area contributed by atoms with Crippen molar-refractivity contribution in [3.05, 3.63) is 54.1 Å². The Bertz CT molecular complexity index is 854. The van der Waals surface area contributed by atoms with Gasteiger partial charge in [0.2, 0.25) is 11.8 Å². The van der Waals surface area contributed by atoms with Gasteiger partial charge in [-0.1, -0.05) is 23.4 Å². The summed E-state index contributed by atoms with van der Waals surface area (Å²) in [6.07, 6.45) is 2.63. The van der Waals surface area contributed by atoms with E-state index in [1.165, 1.54) is 12.4 Å². The molecule has 0 radical (unpaired) electrons. The van der Waals surface area contributed by atoms with E-state index < -0.39 is 6.10 Å². The standard InChI is InChI=1S/C16H16N8O2/c25-15(24-6-7-26-13(10-24)14-20-22-23-21-14)11-8-17-16(18-9-11)19-12-4-2-1-3-5-12/h1-5,8-9,13H,6-7,10H2,(H,17,18,19)(H,20,21,22,23). The van der Waals surface area contributed by atoms with Gasteiger partial charge in [0.15, 0.2) is 0 Å². The van der Waals surface area contributed by atoms with Crippen LogP contribution in [0.5, 0.6) is 0 Å². The molecule has 2 N–H and O–H groups in total. The molecule has 1 amide bonds. The van der Waals surface area contributed by atoms with Gasteiger partial charge in [0.1, 0.15) is 6.10 Å². The third kappa shape index (κ3) is 3.49. The van der Waals surface area contributed by atoms with Crippen molar-refractivity contribution in [1.29, 1.82) is 0 Å². The predicted molar refractivity (Wildman–Crippen MR) is 90.5 cm³/mol. The molecule has 3 heterocycles. The van der Waals surface area contributed by atoms with Crippen LogP contribution in [0.25, 0.3) is 0 Å². The number of hydrogen-bond donors (Lipinski definition) is 2. The van der Waals surface area contributed by atoms with Crippen molar-refractivity contribution in [1.82, 2.24) is 35.5 Å². The summed E-state index contributed by atoms with van der Waals surface area (Å²) in [4.78, 5) is 22.8. The Morgan fingerprint density at radius 1 is 1.23 bits per heavy atom. The maximum absolute atomic E-state index is 12.7. The molecular weight excluding hydrogens is 336 g/mol. The Hall–Kier alpha value is -3.40. The maximum Gasteiger partial charge on any atom is 0.257 e. The molecule has 0 aliphatic carbocycles. The molecule has 1 fully saturated rings. The normalized spacial score (nSPS) is 17.1. The van der Waals surface area contributed by atoms with Crippen molar-refractivity contribution in [2.45, 2.75) is 6.10 Å². The second-order valence-electron chi connectivity index (χ2n) is 5.67. The predicted octanol–water partition coefficient (Wildman–Crippen LogP) is 0.947. The first-order valence-corrected chi connectivity index (χ1v) is 8.08. The highest BCUT2D eigenvalue weighted by Gasteiger charge is 2.28. The van der Waals surface area contributed by atoms with E-state index in [4.69, 9.17) is 4.74 Å². The molecule has 10 nitrogen and oxygen atoms in total. The van der Waals surface area contributed by atoms with Crippen LogP contribution in [-0.2, 0) is 4.74 Å². The van der Waals surface area contributed by atoms with Gasteiger partial charge in [0, 0.05) is 24.6 Å². The molecule has 0 bridgehead atoms. The van der Waals surface area contributed by atoms with Crippen LogP contribution in [0.3, 0.4) is 0 Å². The molecule has 1 saturated heterocycles. The number of nitrogens with zero attached hydrogens (tertiary/aromatic N) is 6. The fraction of sp³-hybridized carbons (Fsp3) is 0.250. The van der Waals surface area contributed by atoms with Crippen LogP contribution in [0.2, 0.25) is 0 Å². The molecule has 1 aliphatic heterocycles. The van der Waals surface area contributed by atoms with E-state index in [1.54, 1.807) is 4.90 Å². The highest BCUT2D eigenvalue weighted by Crippen LogP contribution is 2.20. The average molecular weight is 352 g/mol. The number of hydrogen-bond acceptors (Lipinski definition) is 8. The molecule has 0 saturated carbocycles. The minimum Gasteiger partial charge on any atom is -0.366 e. The van der Waals surface area contributed by atoms with E-state index in [0.29, 0.717) is 37.0 Å². The molecule has 3 aromatic rings. The van der Waals surface area contributed by atoms with Crippen molar-refractivity contribution in [3.63, 3.8) is 0 Å². The molecular formula is C16H16N8O2.